The van der Waals surface area contributed by atoms with Crippen molar-refractivity contribution in [3.05, 3.63) is 35.9 Å². The van der Waals surface area contributed by atoms with Crippen LogP contribution in [0, 0.1) is 0 Å². The van der Waals surface area contributed by atoms with Crippen LogP contribution >= 0.6 is 0 Å². The van der Waals surface area contributed by atoms with Crippen LogP contribution in [0.2, 0.25) is 0 Å². The first-order chi connectivity index (χ1) is 9.40. The maximum Gasteiger partial charge on any atom is 0.320 e. The van der Waals surface area contributed by atoms with E-state index in [2.05, 4.69) is 12.1 Å². The van der Waals surface area contributed by atoms with Crippen molar-refractivity contribution in [3.63, 3.8) is 0 Å². The van der Waals surface area contributed by atoms with Crippen LogP contribution in [0.1, 0.15) is 19.4 Å². The minimum atomic E-state index is -0.255. The monoisotopic (exact) mass is 276 g/mol. The smallest absolute Gasteiger partial charge is 0.320 e. The molecule has 1 aromatic carbocycles. The number of carbonyl (C=O) groups excluding carboxylic acids is 1. The van der Waals surface area contributed by atoms with Gasteiger partial charge in [-0.15, -0.1) is 0 Å². The summed E-state index contributed by atoms with van der Waals surface area (Å²) in [5, 5.41) is 0. The Morgan fingerprint density at radius 1 is 1.35 bits per heavy atom. The highest BCUT2D eigenvalue weighted by atomic mass is 16.5. The topological polar surface area (TPSA) is 32.8 Å². The van der Waals surface area contributed by atoms with E-state index >= 15 is 0 Å². The third kappa shape index (κ3) is 3.31. The van der Waals surface area contributed by atoms with Gasteiger partial charge in [-0.25, -0.2) is 4.79 Å². The molecule has 2 rings (SSSR count). The Kier molecular flexibility index (Phi) is 4.33. The lowest BCUT2D eigenvalue weighted by Gasteiger charge is -2.46. The van der Waals surface area contributed by atoms with E-state index in [0.717, 1.165) is 6.42 Å². The molecule has 0 spiro atoms. The molecule has 0 aliphatic carbocycles. The average Bonchev–Trinajstić information content (AvgIpc) is 2.41. The standard InChI is InChI=1S/C16H24N2O2/c1-16(2)12-20-14(10-13-8-6-5-7-9-13)11-18(16)15(19)17(3)4/h5-9,14H,10-12H2,1-4H3. The van der Waals surface area contributed by atoms with E-state index in [1.807, 2.05) is 36.9 Å². The van der Waals surface area contributed by atoms with Gasteiger partial charge in [0.15, 0.2) is 0 Å². The normalized spacial score (nSPS) is 21.6. The number of nitrogens with zero attached hydrogens (tertiary/aromatic N) is 2. The van der Waals surface area contributed by atoms with Crippen LogP contribution in [0.3, 0.4) is 0 Å². The zero-order chi connectivity index (χ0) is 14.8. The predicted molar refractivity (Wildman–Crippen MR) is 79.8 cm³/mol. The van der Waals surface area contributed by atoms with E-state index in [0.29, 0.717) is 13.2 Å². The quantitative estimate of drug-likeness (QED) is 0.831. The Morgan fingerprint density at radius 2 is 2.00 bits per heavy atom. The molecule has 1 fully saturated rings. The maximum atomic E-state index is 12.3. The molecule has 4 nitrogen and oxygen atoms in total. The second-order valence-electron chi connectivity index (χ2n) is 6.22. The van der Waals surface area contributed by atoms with E-state index in [9.17, 15) is 4.79 Å². The van der Waals surface area contributed by atoms with Gasteiger partial charge in [-0.2, -0.15) is 0 Å². The molecular weight excluding hydrogens is 252 g/mol. The van der Waals surface area contributed by atoms with E-state index in [1.54, 1.807) is 19.0 Å². The van der Waals surface area contributed by atoms with Crippen molar-refractivity contribution < 1.29 is 9.53 Å². The van der Waals surface area contributed by atoms with Crippen molar-refractivity contribution in [1.82, 2.24) is 9.80 Å². The van der Waals surface area contributed by atoms with Gasteiger partial charge in [0.1, 0.15) is 0 Å². The van der Waals surface area contributed by atoms with Gasteiger partial charge in [-0.3, -0.25) is 0 Å². The van der Waals surface area contributed by atoms with Gasteiger partial charge in [-0.05, 0) is 19.4 Å². The van der Waals surface area contributed by atoms with Gasteiger partial charge in [0, 0.05) is 27.1 Å². The number of rotatable bonds is 2. The Hall–Kier alpha value is -1.55. The number of urea groups is 1. The molecule has 1 saturated heterocycles. The third-order valence-corrected chi connectivity index (χ3v) is 3.71. The van der Waals surface area contributed by atoms with Crippen LogP contribution < -0.4 is 0 Å². The summed E-state index contributed by atoms with van der Waals surface area (Å²) in [6.45, 7) is 5.31. The molecule has 0 N–H and O–H groups in total. The highest BCUT2D eigenvalue weighted by Crippen LogP contribution is 2.24. The van der Waals surface area contributed by atoms with Crippen molar-refractivity contribution in [2.75, 3.05) is 27.2 Å². The molecule has 1 unspecified atom stereocenters. The van der Waals surface area contributed by atoms with Crippen LogP contribution in [0.4, 0.5) is 4.79 Å². The summed E-state index contributed by atoms with van der Waals surface area (Å²) in [7, 11) is 3.58. The Balaban J connectivity index is 2.06. The lowest BCUT2D eigenvalue weighted by Crippen LogP contribution is -2.60. The molecule has 1 aliphatic heterocycles. The fraction of sp³-hybridized carbons (Fsp3) is 0.562. The van der Waals surface area contributed by atoms with Crippen LogP contribution in [0.5, 0.6) is 0 Å². The molecule has 1 aromatic rings. The highest BCUT2D eigenvalue weighted by Gasteiger charge is 2.38. The summed E-state index contributed by atoms with van der Waals surface area (Å²) in [5.41, 5.74) is 0.989. The van der Waals surface area contributed by atoms with Gasteiger partial charge in [0.2, 0.25) is 0 Å². The van der Waals surface area contributed by atoms with Crippen LogP contribution in [-0.4, -0.2) is 54.7 Å². The summed E-state index contributed by atoms with van der Waals surface area (Å²) in [4.78, 5) is 15.9. The van der Waals surface area contributed by atoms with Crippen molar-refractivity contribution in [3.8, 4) is 0 Å². The average molecular weight is 276 g/mol. The molecule has 110 valence electrons. The van der Waals surface area contributed by atoms with Crippen LogP contribution in [-0.2, 0) is 11.2 Å². The zero-order valence-corrected chi connectivity index (χ0v) is 12.8. The molecule has 0 bridgehead atoms. The second-order valence-corrected chi connectivity index (χ2v) is 6.22. The molecule has 0 saturated carbocycles. The fourth-order valence-corrected chi connectivity index (χ4v) is 2.48. The fourth-order valence-electron chi connectivity index (χ4n) is 2.48. The Bertz CT molecular complexity index is 457. The summed E-state index contributed by atoms with van der Waals surface area (Å²) in [6, 6.07) is 10.3. The molecule has 20 heavy (non-hydrogen) atoms. The predicted octanol–water partition coefficient (Wildman–Crippen LogP) is 2.39. The molecular formula is C16H24N2O2. The van der Waals surface area contributed by atoms with Gasteiger partial charge >= 0.3 is 6.03 Å². The van der Waals surface area contributed by atoms with Gasteiger partial charge in [0.25, 0.3) is 0 Å². The van der Waals surface area contributed by atoms with E-state index in [1.165, 1.54) is 5.56 Å². The number of hydrogen-bond acceptors (Lipinski definition) is 2. The number of carbonyl (C=O) groups is 1. The van der Waals surface area contributed by atoms with E-state index < -0.39 is 0 Å². The van der Waals surface area contributed by atoms with E-state index in [4.69, 9.17) is 4.74 Å². The molecule has 2 amide bonds. The van der Waals surface area contributed by atoms with Crippen molar-refractivity contribution in [2.45, 2.75) is 31.9 Å². The second kappa shape index (κ2) is 5.83. The number of hydrogen-bond donors (Lipinski definition) is 0. The summed E-state index contributed by atoms with van der Waals surface area (Å²) < 4.78 is 5.94. The number of ether oxygens (including phenoxy) is 1. The Morgan fingerprint density at radius 3 is 2.60 bits per heavy atom. The first-order valence-electron chi connectivity index (χ1n) is 7.04. The van der Waals surface area contributed by atoms with E-state index in [-0.39, 0.29) is 17.7 Å². The largest absolute Gasteiger partial charge is 0.374 e. The lowest BCUT2D eigenvalue weighted by atomic mass is 9.98. The maximum absolute atomic E-state index is 12.3. The molecule has 1 aliphatic rings. The molecule has 0 radical (unpaired) electrons. The Labute approximate surface area is 121 Å². The summed E-state index contributed by atoms with van der Waals surface area (Å²) in [5.74, 6) is 0. The first kappa shape index (κ1) is 14.9. The number of benzene rings is 1. The first-order valence-corrected chi connectivity index (χ1v) is 7.04. The molecule has 1 atom stereocenters. The molecule has 4 heteroatoms. The van der Waals surface area contributed by atoms with Crippen molar-refractivity contribution in [1.29, 1.82) is 0 Å². The molecule has 0 aromatic heterocycles. The number of amides is 2. The van der Waals surface area contributed by atoms with Crippen molar-refractivity contribution in [2.24, 2.45) is 0 Å². The summed E-state index contributed by atoms with van der Waals surface area (Å²) in [6.07, 6.45) is 0.906. The SMILES string of the molecule is CN(C)C(=O)N1CC(Cc2ccccc2)OCC1(C)C. The summed E-state index contributed by atoms with van der Waals surface area (Å²) >= 11 is 0. The minimum Gasteiger partial charge on any atom is -0.374 e. The zero-order valence-electron chi connectivity index (χ0n) is 12.8. The van der Waals surface area contributed by atoms with Crippen LogP contribution in [0.15, 0.2) is 30.3 Å². The van der Waals surface area contributed by atoms with Gasteiger partial charge in [-0.1, -0.05) is 30.3 Å². The van der Waals surface area contributed by atoms with Crippen molar-refractivity contribution >= 4 is 6.03 Å². The minimum absolute atomic E-state index is 0.0522. The number of morpholine rings is 1. The highest BCUT2D eigenvalue weighted by molar-refractivity contribution is 5.74. The lowest BCUT2D eigenvalue weighted by molar-refractivity contribution is -0.0811. The van der Waals surface area contributed by atoms with Gasteiger partial charge in [0.05, 0.1) is 18.2 Å². The van der Waals surface area contributed by atoms with Gasteiger partial charge < -0.3 is 14.5 Å². The van der Waals surface area contributed by atoms with Crippen LogP contribution in [0.25, 0.3) is 0 Å². The molecule has 1 heterocycles. The third-order valence-electron chi connectivity index (χ3n) is 3.71.